The number of hydrogen-bond acceptors (Lipinski definition) is 3. The Morgan fingerprint density at radius 3 is 2.43 bits per heavy atom. The maximum Gasteiger partial charge on any atom is 0.309 e. The molecule has 0 bridgehead atoms. The van der Waals surface area contributed by atoms with Crippen LogP contribution in [0, 0.1) is 5.92 Å². The summed E-state index contributed by atoms with van der Waals surface area (Å²) in [5.74, 6) is -0.162. The molecule has 0 saturated carbocycles. The summed E-state index contributed by atoms with van der Waals surface area (Å²) in [6.07, 6.45) is 2.35. The van der Waals surface area contributed by atoms with Crippen LogP contribution in [0.15, 0.2) is 0 Å². The molecule has 0 aromatic rings. The summed E-state index contributed by atoms with van der Waals surface area (Å²) in [6.45, 7) is 7.04. The molecule has 2 atom stereocenters. The van der Waals surface area contributed by atoms with E-state index in [0.29, 0.717) is 6.04 Å². The first kappa shape index (κ1) is 13.4. The Morgan fingerprint density at radius 1 is 1.43 bits per heavy atom. The molecule has 14 heavy (non-hydrogen) atoms. The molecule has 2 unspecified atom stereocenters. The molecule has 0 saturated heterocycles. The number of ether oxygens (including phenoxy) is 1. The third-order valence-electron chi connectivity index (χ3n) is 2.62. The minimum absolute atomic E-state index is 0.0377. The summed E-state index contributed by atoms with van der Waals surface area (Å²) in [4.78, 5) is 13.4. The molecule has 0 rings (SSSR count). The van der Waals surface area contributed by atoms with Gasteiger partial charge in [-0.3, -0.25) is 4.79 Å². The van der Waals surface area contributed by atoms with E-state index < -0.39 is 0 Å². The Balaban J connectivity index is 3.91. The van der Waals surface area contributed by atoms with Crippen LogP contribution in [0.1, 0.15) is 33.6 Å². The minimum Gasteiger partial charge on any atom is -0.469 e. The predicted molar refractivity (Wildman–Crippen MR) is 58.2 cm³/mol. The van der Waals surface area contributed by atoms with Crippen molar-refractivity contribution >= 4 is 5.97 Å². The van der Waals surface area contributed by atoms with Crippen molar-refractivity contribution in [3.05, 3.63) is 0 Å². The highest BCUT2D eigenvalue weighted by atomic mass is 16.5. The number of rotatable bonds is 6. The van der Waals surface area contributed by atoms with E-state index in [2.05, 4.69) is 30.5 Å². The van der Waals surface area contributed by atoms with Gasteiger partial charge >= 0.3 is 5.97 Å². The summed E-state index contributed by atoms with van der Waals surface area (Å²) < 4.78 is 4.69. The van der Waals surface area contributed by atoms with Gasteiger partial charge in [0.15, 0.2) is 0 Å². The molecule has 0 aliphatic carbocycles. The van der Waals surface area contributed by atoms with Crippen molar-refractivity contribution in [3.63, 3.8) is 0 Å². The van der Waals surface area contributed by atoms with Gasteiger partial charge in [0.25, 0.3) is 0 Å². The lowest BCUT2D eigenvalue weighted by molar-refractivity contribution is -0.145. The Morgan fingerprint density at radius 2 is 2.00 bits per heavy atom. The molecule has 0 N–H and O–H groups in total. The molecule has 3 nitrogen and oxygen atoms in total. The van der Waals surface area contributed by atoms with E-state index in [1.165, 1.54) is 20.0 Å². The van der Waals surface area contributed by atoms with E-state index >= 15 is 0 Å². The summed E-state index contributed by atoms with van der Waals surface area (Å²) in [7, 11) is 3.49. The zero-order chi connectivity index (χ0) is 11.1. The molecule has 0 fully saturated rings. The summed E-state index contributed by atoms with van der Waals surface area (Å²) in [5.41, 5.74) is 0. The van der Waals surface area contributed by atoms with E-state index in [4.69, 9.17) is 0 Å². The number of carbonyl (C=O) groups excluding carboxylic acids is 1. The Labute approximate surface area is 87.4 Å². The quantitative estimate of drug-likeness (QED) is 0.615. The fraction of sp³-hybridized carbons (Fsp3) is 0.909. The predicted octanol–water partition coefficient (Wildman–Crippen LogP) is 1.92. The smallest absolute Gasteiger partial charge is 0.309 e. The van der Waals surface area contributed by atoms with E-state index in [1.807, 2.05) is 6.92 Å². The SMILES string of the molecule is CCCC(C)N(C)CC(C)C(=O)OC. The standard InChI is InChI=1S/C11H23NO2/c1-6-7-10(3)12(4)8-9(2)11(13)14-5/h9-10H,6-8H2,1-5H3. The van der Waals surface area contributed by atoms with Gasteiger partial charge in [0.1, 0.15) is 0 Å². The fourth-order valence-electron chi connectivity index (χ4n) is 1.53. The number of carbonyl (C=O) groups is 1. The fourth-order valence-corrected chi connectivity index (χ4v) is 1.53. The van der Waals surface area contributed by atoms with Crippen molar-refractivity contribution in [2.24, 2.45) is 5.92 Å². The van der Waals surface area contributed by atoms with Crippen molar-refractivity contribution in [1.82, 2.24) is 4.90 Å². The van der Waals surface area contributed by atoms with Gasteiger partial charge in [0.2, 0.25) is 0 Å². The molecule has 0 heterocycles. The van der Waals surface area contributed by atoms with E-state index in [1.54, 1.807) is 0 Å². The first-order valence-corrected chi connectivity index (χ1v) is 5.31. The third kappa shape index (κ3) is 4.61. The number of hydrogen-bond donors (Lipinski definition) is 0. The van der Waals surface area contributed by atoms with Crippen LogP contribution in [0.25, 0.3) is 0 Å². The molecule has 0 radical (unpaired) electrons. The summed E-state index contributed by atoms with van der Waals surface area (Å²) in [6, 6.07) is 0.534. The van der Waals surface area contributed by atoms with Gasteiger partial charge in [-0.2, -0.15) is 0 Å². The molecular weight excluding hydrogens is 178 g/mol. The number of methoxy groups -OCH3 is 1. The zero-order valence-electron chi connectivity index (χ0n) is 10.0. The molecule has 0 aliphatic rings. The van der Waals surface area contributed by atoms with Crippen molar-refractivity contribution in [1.29, 1.82) is 0 Å². The monoisotopic (exact) mass is 201 g/mol. The van der Waals surface area contributed by atoms with Crippen LogP contribution in [-0.2, 0) is 9.53 Å². The van der Waals surface area contributed by atoms with Gasteiger partial charge in [-0.05, 0) is 20.4 Å². The van der Waals surface area contributed by atoms with Crippen LogP contribution >= 0.6 is 0 Å². The van der Waals surface area contributed by atoms with Crippen LogP contribution in [-0.4, -0.2) is 37.6 Å². The summed E-state index contributed by atoms with van der Waals surface area (Å²) >= 11 is 0. The van der Waals surface area contributed by atoms with Crippen LogP contribution in [0.3, 0.4) is 0 Å². The van der Waals surface area contributed by atoms with Crippen LogP contribution in [0.4, 0.5) is 0 Å². The molecule has 0 aromatic carbocycles. The maximum atomic E-state index is 11.2. The van der Waals surface area contributed by atoms with E-state index in [9.17, 15) is 4.79 Å². The molecular formula is C11H23NO2. The van der Waals surface area contributed by atoms with Crippen LogP contribution in [0.5, 0.6) is 0 Å². The second kappa shape index (κ2) is 6.82. The minimum atomic E-state index is -0.124. The van der Waals surface area contributed by atoms with Gasteiger partial charge < -0.3 is 9.64 Å². The topological polar surface area (TPSA) is 29.5 Å². The van der Waals surface area contributed by atoms with E-state index in [-0.39, 0.29) is 11.9 Å². The first-order valence-electron chi connectivity index (χ1n) is 5.31. The lowest BCUT2D eigenvalue weighted by Gasteiger charge is -2.26. The molecule has 0 amide bonds. The molecule has 3 heteroatoms. The normalized spacial score (nSPS) is 15.3. The Kier molecular flexibility index (Phi) is 6.54. The highest BCUT2D eigenvalue weighted by molar-refractivity contribution is 5.72. The highest BCUT2D eigenvalue weighted by Crippen LogP contribution is 2.08. The molecule has 0 aromatic heterocycles. The van der Waals surface area contributed by atoms with Crippen LogP contribution < -0.4 is 0 Å². The second-order valence-corrected chi connectivity index (χ2v) is 4.00. The van der Waals surface area contributed by atoms with Crippen molar-refractivity contribution in [2.45, 2.75) is 39.7 Å². The van der Waals surface area contributed by atoms with E-state index in [0.717, 1.165) is 6.54 Å². The molecule has 0 aliphatic heterocycles. The van der Waals surface area contributed by atoms with Crippen molar-refractivity contribution < 1.29 is 9.53 Å². The van der Waals surface area contributed by atoms with Gasteiger partial charge in [-0.25, -0.2) is 0 Å². The van der Waals surface area contributed by atoms with Crippen molar-refractivity contribution in [2.75, 3.05) is 20.7 Å². The second-order valence-electron chi connectivity index (χ2n) is 4.00. The zero-order valence-corrected chi connectivity index (χ0v) is 10.0. The molecule has 0 spiro atoms. The number of nitrogens with zero attached hydrogens (tertiary/aromatic N) is 1. The van der Waals surface area contributed by atoms with Crippen molar-refractivity contribution in [3.8, 4) is 0 Å². The van der Waals surface area contributed by atoms with Gasteiger partial charge in [0.05, 0.1) is 13.0 Å². The third-order valence-corrected chi connectivity index (χ3v) is 2.62. The summed E-state index contributed by atoms with van der Waals surface area (Å²) in [5, 5.41) is 0. The average Bonchev–Trinajstić information content (AvgIpc) is 2.16. The average molecular weight is 201 g/mol. The lowest BCUT2D eigenvalue weighted by atomic mass is 10.1. The van der Waals surface area contributed by atoms with Gasteiger partial charge in [-0.15, -0.1) is 0 Å². The molecule has 84 valence electrons. The lowest BCUT2D eigenvalue weighted by Crippen LogP contribution is -2.35. The largest absolute Gasteiger partial charge is 0.469 e. The van der Waals surface area contributed by atoms with Crippen LogP contribution in [0.2, 0.25) is 0 Å². The Bertz CT molecular complexity index is 171. The maximum absolute atomic E-state index is 11.2. The van der Waals surface area contributed by atoms with Gasteiger partial charge in [-0.1, -0.05) is 20.3 Å². The number of esters is 1. The highest BCUT2D eigenvalue weighted by Gasteiger charge is 2.17. The first-order chi connectivity index (χ1) is 6.52. The Hall–Kier alpha value is -0.570. The van der Waals surface area contributed by atoms with Gasteiger partial charge in [0, 0.05) is 12.6 Å².